The molecule has 5 heteroatoms. The first-order chi connectivity index (χ1) is 7.97. The van der Waals surface area contributed by atoms with Crippen LogP contribution in [-0.2, 0) is 9.57 Å². The standard InChI is InChI=1S/C12H24N2O3.H2/c1-12(2,3)17-11(15)13-8-6-4-5-7-9-14-10-16-14;/h4-10H2,1-3H3,(H,13,15);1H. The Bertz CT molecular complexity index is 240. The Kier molecular flexibility index (Phi) is 5.71. The van der Waals surface area contributed by atoms with E-state index < -0.39 is 5.60 Å². The first kappa shape index (κ1) is 14.3. The highest BCUT2D eigenvalue weighted by Gasteiger charge is 2.17. The molecule has 17 heavy (non-hydrogen) atoms. The summed E-state index contributed by atoms with van der Waals surface area (Å²) in [6.45, 7) is 8.10. The summed E-state index contributed by atoms with van der Waals surface area (Å²) in [4.78, 5) is 16.3. The van der Waals surface area contributed by atoms with E-state index in [9.17, 15) is 4.79 Å². The number of hydrogen-bond donors (Lipinski definition) is 1. The summed E-state index contributed by atoms with van der Waals surface area (Å²) in [6.07, 6.45) is 4.14. The number of nitrogens with one attached hydrogen (secondary N) is 1. The molecule has 1 saturated heterocycles. The van der Waals surface area contributed by atoms with Crippen LogP contribution in [0.1, 0.15) is 47.9 Å². The number of alkyl carbamates (subject to hydrolysis) is 1. The lowest BCUT2D eigenvalue weighted by Gasteiger charge is -2.19. The summed E-state index contributed by atoms with van der Waals surface area (Å²) in [5.74, 6) is 0. The third-order valence-corrected chi connectivity index (χ3v) is 2.31. The van der Waals surface area contributed by atoms with Crippen LogP contribution in [0, 0.1) is 0 Å². The summed E-state index contributed by atoms with van der Waals surface area (Å²) in [6, 6.07) is 0. The van der Waals surface area contributed by atoms with E-state index in [1.807, 2.05) is 25.8 Å². The van der Waals surface area contributed by atoms with Gasteiger partial charge in [-0.3, -0.25) is 4.84 Å². The van der Waals surface area contributed by atoms with Gasteiger partial charge in [0.2, 0.25) is 0 Å². The molecule has 1 unspecified atom stereocenters. The van der Waals surface area contributed by atoms with Crippen molar-refractivity contribution in [3.05, 3.63) is 0 Å². The van der Waals surface area contributed by atoms with Gasteiger partial charge in [-0.25, -0.2) is 4.79 Å². The summed E-state index contributed by atoms with van der Waals surface area (Å²) in [7, 11) is 0. The molecule has 1 rings (SSSR count). The zero-order chi connectivity index (χ0) is 12.7. The van der Waals surface area contributed by atoms with Crippen molar-refractivity contribution in [2.45, 2.75) is 52.1 Å². The summed E-state index contributed by atoms with van der Waals surface area (Å²) >= 11 is 0. The Balaban J connectivity index is 0.00000289. The zero-order valence-corrected chi connectivity index (χ0v) is 11.1. The topological polar surface area (TPSA) is 53.9 Å². The maximum Gasteiger partial charge on any atom is 0.407 e. The molecule has 0 aromatic rings. The van der Waals surface area contributed by atoms with Crippen LogP contribution in [-0.4, -0.2) is 36.6 Å². The highest BCUT2D eigenvalue weighted by Crippen LogP contribution is 2.09. The molecule has 0 bridgehead atoms. The third kappa shape index (κ3) is 8.94. The predicted molar refractivity (Wildman–Crippen MR) is 67.5 cm³/mol. The van der Waals surface area contributed by atoms with Crippen molar-refractivity contribution in [2.24, 2.45) is 0 Å². The van der Waals surface area contributed by atoms with Gasteiger partial charge in [0.15, 0.2) is 0 Å². The third-order valence-electron chi connectivity index (χ3n) is 2.31. The molecule has 0 spiro atoms. The Hall–Kier alpha value is -0.810. The highest BCUT2D eigenvalue weighted by atomic mass is 16.8. The lowest BCUT2D eigenvalue weighted by atomic mass is 10.2. The smallest absolute Gasteiger partial charge is 0.407 e. The normalized spacial score (nSPS) is 18.9. The van der Waals surface area contributed by atoms with Crippen molar-refractivity contribution in [3.8, 4) is 0 Å². The maximum atomic E-state index is 11.3. The van der Waals surface area contributed by atoms with Gasteiger partial charge in [0.1, 0.15) is 12.3 Å². The zero-order valence-electron chi connectivity index (χ0n) is 11.1. The van der Waals surface area contributed by atoms with Crippen molar-refractivity contribution in [1.82, 2.24) is 10.4 Å². The molecule has 1 atom stereocenters. The number of ether oxygens (including phenoxy) is 1. The maximum absolute atomic E-state index is 11.3. The minimum Gasteiger partial charge on any atom is -0.444 e. The van der Waals surface area contributed by atoms with Crippen LogP contribution in [0.4, 0.5) is 4.79 Å². The first-order valence-corrected chi connectivity index (χ1v) is 6.32. The van der Waals surface area contributed by atoms with Crippen molar-refractivity contribution < 1.29 is 15.8 Å². The van der Waals surface area contributed by atoms with Crippen LogP contribution in [0.15, 0.2) is 0 Å². The fourth-order valence-corrected chi connectivity index (χ4v) is 1.44. The van der Waals surface area contributed by atoms with Crippen LogP contribution in [0.2, 0.25) is 0 Å². The molecule has 0 aromatic carbocycles. The quantitative estimate of drug-likeness (QED) is 0.554. The minimum absolute atomic E-state index is 0. The van der Waals surface area contributed by atoms with Crippen LogP contribution >= 0.6 is 0 Å². The Labute approximate surface area is 105 Å². The molecule has 102 valence electrons. The molecular formula is C12H26N2O3. The molecule has 1 aliphatic heterocycles. The molecule has 5 nitrogen and oxygen atoms in total. The lowest BCUT2D eigenvalue weighted by molar-refractivity contribution is 0.0527. The summed E-state index contributed by atoms with van der Waals surface area (Å²) in [5, 5.41) is 4.70. The monoisotopic (exact) mass is 246 g/mol. The molecule has 1 fully saturated rings. The van der Waals surface area contributed by atoms with E-state index in [0.29, 0.717) is 6.54 Å². The van der Waals surface area contributed by atoms with Crippen LogP contribution in [0.25, 0.3) is 0 Å². The van der Waals surface area contributed by atoms with Gasteiger partial charge in [-0.15, -0.1) is 0 Å². The van der Waals surface area contributed by atoms with Gasteiger partial charge in [-0.2, -0.15) is 5.06 Å². The molecule has 1 aliphatic rings. The lowest BCUT2D eigenvalue weighted by Crippen LogP contribution is -2.32. The second-order valence-electron chi connectivity index (χ2n) is 5.31. The number of amides is 1. The van der Waals surface area contributed by atoms with E-state index in [1.165, 1.54) is 6.42 Å². The summed E-state index contributed by atoms with van der Waals surface area (Å²) < 4.78 is 5.13. The van der Waals surface area contributed by atoms with Crippen molar-refractivity contribution in [3.63, 3.8) is 0 Å². The predicted octanol–water partition coefficient (Wildman–Crippen LogP) is 2.52. The molecular weight excluding hydrogens is 220 g/mol. The Morgan fingerprint density at radius 2 is 2.00 bits per heavy atom. The number of nitrogens with zero attached hydrogens (tertiary/aromatic N) is 1. The van der Waals surface area contributed by atoms with Crippen molar-refractivity contribution in [1.29, 1.82) is 0 Å². The van der Waals surface area contributed by atoms with Crippen molar-refractivity contribution in [2.75, 3.05) is 19.8 Å². The molecule has 0 saturated carbocycles. The average molecular weight is 246 g/mol. The fraction of sp³-hybridized carbons (Fsp3) is 0.917. The van der Waals surface area contributed by atoms with E-state index in [-0.39, 0.29) is 7.52 Å². The number of hydrogen-bond acceptors (Lipinski definition) is 4. The molecule has 0 radical (unpaired) electrons. The van der Waals surface area contributed by atoms with Gasteiger partial charge in [0.25, 0.3) is 0 Å². The van der Waals surface area contributed by atoms with Crippen LogP contribution < -0.4 is 5.32 Å². The van der Waals surface area contributed by atoms with Gasteiger partial charge in [-0.1, -0.05) is 12.8 Å². The second kappa shape index (κ2) is 6.81. The molecule has 0 aromatic heterocycles. The van der Waals surface area contributed by atoms with Crippen molar-refractivity contribution >= 4 is 6.09 Å². The van der Waals surface area contributed by atoms with Crippen LogP contribution in [0.5, 0.6) is 0 Å². The number of hydroxylamine groups is 2. The second-order valence-corrected chi connectivity index (χ2v) is 5.31. The Morgan fingerprint density at radius 3 is 2.59 bits per heavy atom. The SMILES string of the molecule is CC(C)(C)OC(=O)NCCCCCCN1CO1.[HH]. The highest BCUT2D eigenvalue weighted by molar-refractivity contribution is 5.67. The Morgan fingerprint density at radius 1 is 1.35 bits per heavy atom. The molecule has 1 N–H and O–H groups in total. The van der Waals surface area contributed by atoms with E-state index in [2.05, 4.69) is 5.32 Å². The van der Waals surface area contributed by atoms with Gasteiger partial charge >= 0.3 is 6.09 Å². The minimum atomic E-state index is -0.414. The van der Waals surface area contributed by atoms with E-state index >= 15 is 0 Å². The number of rotatable bonds is 7. The molecule has 1 amide bonds. The first-order valence-electron chi connectivity index (χ1n) is 6.32. The average Bonchev–Trinajstić information content (AvgIpc) is 2.97. The number of carbonyl (C=O) groups is 1. The molecule has 0 aliphatic carbocycles. The number of unbranched alkanes of at least 4 members (excludes halogenated alkanes) is 3. The largest absolute Gasteiger partial charge is 0.444 e. The fourth-order valence-electron chi connectivity index (χ4n) is 1.44. The van der Waals surface area contributed by atoms with Gasteiger partial charge in [0.05, 0.1) is 0 Å². The van der Waals surface area contributed by atoms with E-state index in [1.54, 1.807) is 0 Å². The van der Waals surface area contributed by atoms with Gasteiger partial charge < -0.3 is 10.1 Å². The van der Waals surface area contributed by atoms with Gasteiger partial charge in [0, 0.05) is 14.5 Å². The molecule has 1 heterocycles. The van der Waals surface area contributed by atoms with Crippen LogP contribution in [0.3, 0.4) is 0 Å². The van der Waals surface area contributed by atoms with Gasteiger partial charge in [-0.05, 0) is 33.6 Å². The van der Waals surface area contributed by atoms with E-state index in [0.717, 1.165) is 32.5 Å². The number of carbonyl (C=O) groups excluding carboxylic acids is 1. The summed E-state index contributed by atoms with van der Waals surface area (Å²) in [5.41, 5.74) is -0.414. The van der Waals surface area contributed by atoms with E-state index in [4.69, 9.17) is 9.57 Å².